The Kier molecular flexibility index (Phi) is 3.91. The number of amides is 1. The Hall–Kier alpha value is -1.18. The molecule has 0 radical (unpaired) electrons. The van der Waals surface area contributed by atoms with Crippen molar-refractivity contribution in [1.29, 1.82) is 0 Å². The number of carbonyl (C=O) groups excluding carboxylic acids is 1. The molecule has 1 amide bonds. The third-order valence-corrected chi connectivity index (χ3v) is 6.56. The topological polar surface area (TPSA) is 57.7 Å². The van der Waals surface area contributed by atoms with Gasteiger partial charge in [-0.3, -0.25) is 4.79 Å². The van der Waals surface area contributed by atoms with Gasteiger partial charge in [-0.05, 0) is 38.0 Å². The molecule has 2 heterocycles. The van der Waals surface area contributed by atoms with Crippen molar-refractivity contribution in [3.8, 4) is 0 Å². The van der Waals surface area contributed by atoms with Crippen molar-refractivity contribution in [3.05, 3.63) is 29.0 Å². The molecule has 8 heteroatoms. The van der Waals surface area contributed by atoms with Crippen molar-refractivity contribution in [2.24, 2.45) is 0 Å². The smallest absolute Gasteiger partial charge is 0.243 e. The van der Waals surface area contributed by atoms with E-state index >= 15 is 0 Å². The van der Waals surface area contributed by atoms with Gasteiger partial charge in [-0.2, -0.15) is 4.31 Å². The molecule has 1 aromatic rings. The summed E-state index contributed by atoms with van der Waals surface area (Å²) in [5, 5.41) is -0.250. The number of rotatable bonds is 2. The summed E-state index contributed by atoms with van der Waals surface area (Å²) in [7, 11) is -3.89. The van der Waals surface area contributed by atoms with Crippen LogP contribution in [0.25, 0.3) is 0 Å². The van der Waals surface area contributed by atoms with E-state index in [0.717, 1.165) is 25.0 Å². The van der Waals surface area contributed by atoms with E-state index in [9.17, 15) is 17.6 Å². The van der Waals surface area contributed by atoms with Crippen LogP contribution in [0.4, 0.5) is 4.39 Å². The molecule has 0 spiro atoms. The van der Waals surface area contributed by atoms with Crippen LogP contribution >= 0.6 is 11.6 Å². The summed E-state index contributed by atoms with van der Waals surface area (Å²) in [4.78, 5) is 14.0. The zero-order chi connectivity index (χ0) is 16.1. The second-order valence-corrected chi connectivity index (χ2v) is 7.95. The SMILES string of the molecule is C[C@H]1C(=O)N2CCC[C@@H]2CN1S(=O)(=O)c1ccc(F)c(Cl)c1. The van der Waals surface area contributed by atoms with Crippen LogP contribution in [-0.4, -0.2) is 48.7 Å². The van der Waals surface area contributed by atoms with Gasteiger partial charge in [0, 0.05) is 19.1 Å². The van der Waals surface area contributed by atoms with Gasteiger partial charge in [-0.25, -0.2) is 12.8 Å². The van der Waals surface area contributed by atoms with Gasteiger partial charge in [0.1, 0.15) is 11.9 Å². The van der Waals surface area contributed by atoms with Gasteiger partial charge in [0.25, 0.3) is 0 Å². The minimum atomic E-state index is -3.89. The Bertz CT molecular complexity index is 725. The first kappa shape index (κ1) is 15.7. The maximum absolute atomic E-state index is 13.2. The van der Waals surface area contributed by atoms with Crippen LogP contribution in [0.3, 0.4) is 0 Å². The van der Waals surface area contributed by atoms with Crippen LogP contribution in [0.2, 0.25) is 5.02 Å². The molecule has 0 aliphatic carbocycles. The molecule has 2 atom stereocenters. The highest BCUT2D eigenvalue weighted by Crippen LogP contribution is 2.30. The minimum Gasteiger partial charge on any atom is -0.337 e. The summed E-state index contributed by atoms with van der Waals surface area (Å²) >= 11 is 5.68. The van der Waals surface area contributed by atoms with Gasteiger partial charge in [0.15, 0.2) is 0 Å². The first-order chi connectivity index (χ1) is 10.3. The molecule has 2 saturated heterocycles. The van der Waals surface area contributed by atoms with E-state index in [1.165, 1.54) is 10.4 Å². The molecular formula is C14H16ClFN2O3S. The second kappa shape index (κ2) is 5.47. The van der Waals surface area contributed by atoms with Gasteiger partial charge in [-0.1, -0.05) is 11.6 Å². The van der Waals surface area contributed by atoms with Crippen LogP contribution in [0.5, 0.6) is 0 Å². The van der Waals surface area contributed by atoms with Crippen LogP contribution in [0.15, 0.2) is 23.1 Å². The quantitative estimate of drug-likeness (QED) is 0.821. The molecule has 2 fully saturated rings. The van der Waals surface area contributed by atoms with Gasteiger partial charge < -0.3 is 4.90 Å². The molecule has 3 rings (SSSR count). The Labute approximate surface area is 133 Å². The van der Waals surface area contributed by atoms with Gasteiger partial charge >= 0.3 is 0 Å². The van der Waals surface area contributed by atoms with Crippen LogP contribution in [0, 0.1) is 5.82 Å². The van der Waals surface area contributed by atoms with Crippen molar-refractivity contribution in [2.45, 2.75) is 36.7 Å². The lowest BCUT2D eigenvalue weighted by molar-refractivity contribution is -0.139. The zero-order valence-electron chi connectivity index (χ0n) is 12.0. The summed E-state index contributed by atoms with van der Waals surface area (Å²) in [6.45, 7) is 2.54. The third kappa shape index (κ3) is 2.41. The molecule has 2 aliphatic rings. The monoisotopic (exact) mass is 346 g/mol. The first-order valence-corrected chi connectivity index (χ1v) is 8.91. The van der Waals surface area contributed by atoms with Crippen molar-refractivity contribution >= 4 is 27.5 Å². The minimum absolute atomic E-state index is 0.0746. The largest absolute Gasteiger partial charge is 0.337 e. The number of hydrogen-bond donors (Lipinski definition) is 0. The molecule has 120 valence electrons. The molecule has 0 unspecified atom stereocenters. The molecule has 0 bridgehead atoms. The van der Waals surface area contributed by atoms with Crippen LogP contribution < -0.4 is 0 Å². The van der Waals surface area contributed by atoms with Crippen molar-refractivity contribution in [1.82, 2.24) is 9.21 Å². The summed E-state index contributed by atoms with van der Waals surface area (Å²) in [6, 6.07) is 2.45. The lowest BCUT2D eigenvalue weighted by atomic mass is 10.1. The standard InChI is InChI=1S/C14H16ClFN2O3S/c1-9-14(19)17-6-2-3-10(17)8-18(9)22(20,21)11-4-5-13(16)12(15)7-11/h4-5,7,9-10H,2-3,6,8H2,1H3/t9-,10+/m0/s1. The number of fused-ring (bicyclic) bond motifs is 1. The van der Waals surface area contributed by atoms with Crippen molar-refractivity contribution in [3.63, 3.8) is 0 Å². The highest BCUT2D eigenvalue weighted by Gasteiger charge is 2.45. The fourth-order valence-electron chi connectivity index (χ4n) is 3.12. The molecular weight excluding hydrogens is 331 g/mol. The van der Waals surface area contributed by atoms with E-state index in [2.05, 4.69) is 0 Å². The predicted molar refractivity (Wildman–Crippen MR) is 79.5 cm³/mol. The highest BCUT2D eigenvalue weighted by molar-refractivity contribution is 7.89. The maximum atomic E-state index is 13.2. The molecule has 1 aromatic carbocycles. The highest BCUT2D eigenvalue weighted by atomic mass is 35.5. The van der Waals surface area contributed by atoms with Crippen LogP contribution in [0.1, 0.15) is 19.8 Å². The molecule has 0 aromatic heterocycles. The summed E-state index contributed by atoms with van der Waals surface area (Å²) in [6.07, 6.45) is 1.69. The number of nitrogens with zero attached hydrogens (tertiary/aromatic N) is 2. The van der Waals surface area contributed by atoms with Gasteiger partial charge in [0.2, 0.25) is 15.9 Å². The zero-order valence-corrected chi connectivity index (χ0v) is 13.6. The summed E-state index contributed by atoms with van der Waals surface area (Å²) < 4.78 is 40.0. The summed E-state index contributed by atoms with van der Waals surface area (Å²) in [5.41, 5.74) is 0. The van der Waals surface area contributed by atoms with E-state index in [-0.39, 0.29) is 28.4 Å². The Morgan fingerprint density at radius 3 is 2.77 bits per heavy atom. The number of hydrogen-bond acceptors (Lipinski definition) is 3. The fraction of sp³-hybridized carbons (Fsp3) is 0.500. The maximum Gasteiger partial charge on any atom is 0.243 e. The number of benzene rings is 1. The molecule has 0 saturated carbocycles. The average molecular weight is 347 g/mol. The molecule has 0 N–H and O–H groups in total. The lowest BCUT2D eigenvalue weighted by Gasteiger charge is -2.40. The number of carbonyl (C=O) groups is 1. The number of halogens is 2. The van der Waals surface area contributed by atoms with E-state index in [4.69, 9.17) is 11.6 Å². The Balaban J connectivity index is 1.97. The lowest BCUT2D eigenvalue weighted by Crippen LogP contribution is -2.59. The Morgan fingerprint density at radius 1 is 1.36 bits per heavy atom. The molecule has 2 aliphatic heterocycles. The van der Waals surface area contributed by atoms with Crippen LogP contribution in [-0.2, 0) is 14.8 Å². The number of sulfonamides is 1. The molecule has 5 nitrogen and oxygen atoms in total. The third-order valence-electron chi connectivity index (χ3n) is 4.34. The number of piperazine rings is 1. The first-order valence-electron chi connectivity index (χ1n) is 7.10. The van der Waals surface area contributed by atoms with E-state index in [0.29, 0.717) is 6.54 Å². The van der Waals surface area contributed by atoms with Crippen molar-refractivity contribution in [2.75, 3.05) is 13.1 Å². The van der Waals surface area contributed by atoms with E-state index < -0.39 is 21.9 Å². The van der Waals surface area contributed by atoms with E-state index in [1.807, 2.05) is 0 Å². The normalized spacial score (nSPS) is 26.3. The second-order valence-electron chi connectivity index (χ2n) is 5.65. The van der Waals surface area contributed by atoms with Gasteiger partial charge in [0.05, 0.1) is 9.92 Å². The van der Waals surface area contributed by atoms with E-state index in [1.54, 1.807) is 11.8 Å². The molecule has 22 heavy (non-hydrogen) atoms. The predicted octanol–water partition coefficient (Wildman–Crippen LogP) is 1.86. The van der Waals surface area contributed by atoms with Gasteiger partial charge in [-0.15, -0.1) is 0 Å². The summed E-state index contributed by atoms with van der Waals surface area (Å²) in [5.74, 6) is -0.851. The van der Waals surface area contributed by atoms with Crippen molar-refractivity contribution < 1.29 is 17.6 Å². The average Bonchev–Trinajstić information content (AvgIpc) is 2.94. The Morgan fingerprint density at radius 2 is 2.09 bits per heavy atom. The fourth-order valence-corrected chi connectivity index (χ4v) is 5.02.